The molecule has 0 saturated heterocycles. The number of rotatable bonds is 1. The molecule has 1 atom stereocenters. The third kappa shape index (κ3) is 2.27. The van der Waals surface area contributed by atoms with E-state index in [1.54, 1.807) is 11.3 Å². The zero-order valence-corrected chi connectivity index (χ0v) is 13.0. The summed E-state index contributed by atoms with van der Waals surface area (Å²) in [6, 6.07) is 8.42. The van der Waals surface area contributed by atoms with Crippen molar-refractivity contribution in [3.63, 3.8) is 0 Å². The fraction of sp³-hybridized carbons (Fsp3) is 0.353. The summed E-state index contributed by atoms with van der Waals surface area (Å²) >= 11 is 1.81. The van der Waals surface area contributed by atoms with E-state index in [0.29, 0.717) is 0 Å². The van der Waals surface area contributed by atoms with Gasteiger partial charge in [-0.1, -0.05) is 17.2 Å². The molecule has 0 bridgehead atoms. The first-order valence-corrected chi connectivity index (χ1v) is 7.90. The molecule has 104 valence electrons. The van der Waals surface area contributed by atoms with Gasteiger partial charge in [-0.3, -0.25) is 4.79 Å². The lowest BCUT2D eigenvalue weighted by molar-refractivity contribution is 0.0679. The highest BCUT2D eigenvalue weighted by molar-refractivity contribution is 7.10. The predicted octanol–water partition coefficient (Wildman–Crippen LogP) is 4.12. The van der Waals surface area contributed by atoms with Gasteiger partial charge in [-0.25, -0.2) is 0 Å². The molecule has 1 aromatic heterocycles. The zero-order valence-electron chi connectivity index (χ0n) is 12.1. The molecule has 0 radical (unpaired) electrons. The average Bonchev–Trinajstić information content (AvgIpc) is 2.86. The molecule has 3 rings (SSSR count). The average molecular weight is 285 g/mol. The molecule has 0 spiro atoms. The Kier molecular flexibility index (Phi) is 3.38. The second kappa shape index (κ2) is 5.06. The summed E-state index contributed by atoms with van der Waals surface area (Å²) in [6.07, 6.45) is 0.980. The molecular formula is C17H19NOS. The van der Waals surface area contributed by atoms with Crippen LogP contribution in [0.25, 0.3) is 0 Å². The highest BCUT2D eigenvalue weighted by Crippen LogP contribution is 2.33. The van der Waals surface area contributed by atoms with Gasteiger partial charge in [0, 0.05) is 17.0 Å². The predicted molar refractivity (Wildman–Crippen MR) is 83.4 cm³/mol. The number of aryl methyl sites for hydroxylation is 2. The second-order valence-corrected chi connectivity index (χ2v) is 6.60. The fourth-order valence-electron chi connectivity index (χ4n) is 3.05. The minimum atomic E-state index is 0.154. The minimum absolute atomic E-state index is 0.154. The van der Waals surface area contributed by atoms with Crippen LogP contribution in [0.1, 0.15) is 44.9 Å². The molecule has 0 saturated carbocycles. The Morgan fingerprint density at radius 1 is 1.25 bits per heavy atom. The monoisotopic (exact) mass is 285 g/mol. The number of benzene rings is 1. The van der Waals surface area contributed by atoms with Gasteiger partial charge in [-0.2, -0.15) is 0 Å². The van der Waals surface area contributed by atoms with Crippen LogP contribution in [-0.2, 0) is 6.42 Å². The number of hydrogen-bond donors (Lipinski definition) is 0. The Bertz CT molecular complexity index is 639. The van der Waals surface area contributed by atoms with Crippen LogP contribution in [0, 0.1) is 13.8 Å². The molecule has 1 unspecified atom stereocenters. The van der Waals surface area contributed by atoms with Gasteiger partial charge in [0.1, 0.15) is 0 Å². The van der Waals surface area contributed by atoms with Crippen molar-refractivity contribution in [3.05, 3.63) is 56.8 Å². The maximum Gasteiger partial charge on any atom is 0.254 e. The van der Waals surface area contributed by atoms with Crippen molar-refractivity contribution in [1.82, 2.24) is 4.90 Å². The van der Waals surface area contributed by atoms with Crippen LogP contribution in [0.15, 0.2) is 29.6 Å². The summed E-state index contributed by atoms with van der Waals surface area (Å²) in [4.78, 5) is 16.2. The molecule has 1 aliphatic heterocycles. The van der Waals surface area contributed by atoms with Gasteiger partial charge in [0.05, 0.1) is 6.04 Å². The lowest BCUT2D eigenvalue weighted by Crippen LogP contribution is -2.38. The quantitative estimate of drug-likeness (QED) is 0.771. The van der Waals surface area contributed by atoms with Gasteiger partial charge in [0.2, 0.25) is 0 Å². The van der Waals surface area contributed by atoms with E-state index < -0.39 is 0 Å². The van der Waals surface area contributed by atoms with Gasteiger partial charge in [-0.15, -0.1) is 11.3 Å². The van der Waals surface area contributed by atoms with Crippen LogP contribution in [-0.4, -0.2) is 17.4 Å². The van der Waals surface area contributed by atoms with E-state index >= 15 is 0 Å². The Hall–Kier alpha value is -1.61. The van der Waals surface area contributed by atoms with Crippen molar-refractivity contribution in [3.8, 4) is 0 Å². The number of carbonyl (C=O) groups is 1. The van der Waals surface area contributed by atoms with Gasteiger partial charge in [0.25, 0.3) is 5.91 Å². The van der Waals surface area contributed by atoms with Gasteiger partial charge < -0.3 is 4.90 Å². The van der Waals surface area contributed by atoms with Crippen molar-refractivity contribution in [1.29, 1.82) is 0 Å². The first-order chi connectivity index (χ1) is 9.56. The lowest BCUT2D eigenvalue weighted by atomic mass is 9.99. The van der Waals surface area contributed by atoms with Crippen molar-refractivity contribution >= 4 is 17.2 Å². The number of fused-ring (bicyclic) bond motifs is 1. The molecule has 0 fully saturated rings. The number of carbonyl (C=O) groups excluding carboxylic acids is 1. The molecule has 1 aromatic carbocycles. The summed E-state index contributed by atoms with van der Waals surface area (Å²) in [5.41, 5.74) is 4.43. The third-order valence-corrected chi connectivity index (χ3v) is 5.00. The van der Waals surface area contributed by atoms with Gasteiger partial charge >= 0.3 is 0 Å². The lowest BCUT2D eigenvalue weighted by Gasteiger charge is -2.33. The minimum Gasteiger partial charge on any atom is -0.331 e. The van der Waals surface area contributed by atoms with E-state index in [-0.39, 0.29) is 11.9 Å². The first kappa shape index (κ1) is 13.4. The summed E-state index contributed by atoms with van der Waals surface area (Å²) in [7, 11) is 0. The van der Waals surface area contributed by atoms with E-state index in [2.05, 4.69) is 24.4 Å². The molecular weight excluding hydrogens is 266 g/mol. The highest BCUT2D eigenvalue weighted by Gasteiger charge is 2.28. The van der Waals surface area contributed by atoms with Crippen LogP contribution < -0.4 is 0 Å². The van der Waals surface area contributed by atoms with E-state index in [9.17, 15) is 4.79 Å². The molecule has 0 N–H and O–H groups in total. The summed E-state index contributed by atoms with van der Waals surface area (Å²) < 4.78 is 0. The SMILES string of the molecule is Cc1cc(C)cc(C(=O)N2CCc3sccc3C2C)c1. The standard InChI is InChI=1S/C17H19NOS/c1-11-8-12(2)10-14(9-11)17(19)18-6-4-16-15(13(18)3)5-7-20-16/h5,7-10,13H,4,6H2,1-3H3. The van der Waals surface area contributed by atoms with Crippen molar-refractivity contribution in [2.75, 3.05) is 6.54 Å². The van der Waals surface area contributed by atoms with Crippen molar-refractivity contribution < 1.29 is 4.79 Å². The fourth-order valence-corrected chi connectivity index (χ4v) is 4.01. The van der Waals surface area contributed by atoms with E-state index in [0.717, 1.165) is 29.7 Å². The van der Waals surface area contributed by atoms with Crippen LogP contribution >= 0.6 is 11.3 Å². The number of amides is 1. The van der Waals surface area contributed by atoms with Crippen molar-refractivity contribution in [2.24, 2.45) is 0 Å². The van der Waals surface area contributed by atoms with Gasteiger partial charge in [-0.05, 0) is 56.3 Å². The molecule has 0 aliphatic carbocycles. The van der Waals surface area contributed by atoms with E-state index in [1.807, 2.05) is 30.9 Å². The number of hydrogen-bond acceptors (Lipinski definition) is 2. The smallest absolute Gasteiger partial charge is 0.254 e. The second-order valence-electron chi connectivity index (χ2n) is 5.60. The number of nitrogens with zero attached hydrogens (tertiary/aromatic N) is 1. The highest BCUT2D eigenvalue weighted by atomic mass is 32.1. The van der Waals surface area contributed by atoms with Crippen molar-refractivity contribution in [2.45, 2.75) is 33.2 Å². The van der Waals surface area contributed by atoms with Crippen LogP contribution in [0.4, 0.5) is 0 Å². The topological polar surface area (TPSA) is 20.3 Å². The largest absolute Gasteiger partial charge is 0.331 e. The molecule has 2 heterocycles. The first-order valence-electron chi connectivity index (χ1n) is 7.02. The van der Waals surface area contributed by atoms with Crippen LogP contribution in [0.2, 0.25) is 0 Å². The Balaban J connectivity index is 1.92. The van der Waals surface area contributed by atoms with E-state index in [4.69, 9.17) is 0 Å². The Morgan fingerprint density at radius 2 is 1.95 bits per heavy atom. The molecule has 1 aliphatic rings. The molecule has 3 heteroatoms. The van der Waals surface area contributed by atoms with E-state index in [1.165, 1.54) is 10.4 Å². The maximum absolute atomic E-state index is 12.8. The Labute approximate surface area is 124 Å². The number of thiophene rings is 1. The summed E-state index contributed by atoms with van der Waals surface area (Å²) in [6.45, 7) is 7.03. The van der Waals surface area contributed by atoms with Crippen LogP contribution in [0.3, 0.4) is 0 Å². The third-order valence-electron chi connectivity index (χ3n) is 4.01. The molecule has 2 aromatic rings. The summed E-state index contributed by atoms with van der Waals surface area (Å²) in [5.74, 6) is 0.154. The molecule has 20 heavy (non-hydrogen) atoms. The summed E-state index contributed by atoms with van der Waals surface area (Å²) in [5, 5.41) is 2.13. The zero-order chi connectivity index (χ0) is 14.3. The van der Waals surface area contributed by atoms with Gasteiger partial charge in [0.15, 0.2) is 0 Å². The molecule has 1 amide bonds. The normalized spacial score (nSPS) is 17.9. The molecule has 2 nitrogen and oxygen atoms in total. The van der Waals surface area contributed by atoms with Crippen LogP contribution in [0.5, 0.6) is 0 Å². The Morgan fingerprint density at radius 3 is 2.65 bits per heavy atom. The maximum atomic E-state index is 12.8.